The van der Waals surface area contributed by atoms with Crippen LogP contribution in [0.4, 0.5) is 0 Å². The van der Waals surface area contributed by atoms with E-state index in [1.54, 1.807) is 7.11 Å². The number of nitrogens with zero attached hydrogens (tertiary/aromatic N) is 2. The van der Waals surface area contributed by atoms with E-state index in [1.807, 2.05) is 50.2 Å². The van der Waals surface area contributed by atoms with Crippen molar-refractivity contribution in [2.24, 2.45) is 0 Å². The number of amides is 1. The molecule has 1 atom stereocenters. The van der Waals surface area contributed by atoms with Crippen LogP contribution in [0.25, 0.3) is 11.0 Å². The average Bonchev–Trinajstić information content (AvgIpc) is 3.01. The number of aromatic nitrogens is 2. The minimum absolute atomic E-state index is 0.0518. The molecule has 0 bridgehead atoms. The number of benzene rings is 2. The average molecular weight is 351 g/mol. The normalized spacial score (nSPS) is 12.1. The van der Waals surface area contributed by atoms with Crippen LogP contribution in [0.2, 0.25) is 0 Å². The largest absolute Gasteiger partial charge is 0.496 e. The summed E-state index contributed by atoms with van der Waals surface area (Å²) in [6.07, 6.45) is 1.35. The zero-order chi connectivity index (χ0) is 18.5. The first-order valence-corrected chi connectivity index (χ1v) is 9.00. The van der Waals surface area contributed by atoms with Gasteiger partial charge in [-0.1, -0.05) is 37.3 Å². The van der Waals surface area contributed by atoms with E-state index in [-0.39, 0.29) is 11.9 Å². The van der Waals surface area contributed by atoms with Gasteiger partial charge < -0.3 is 14.6 Å². The highest BCUT2D eigenvalue weighted by Crippen LogP contribution is 2.25. The second-order valence-corrected chi connectivity index (χ2v) is 6.40. The van der Waals surface area contributed by atoms with E-state index in [0.717, 1.165) is 34.6 Å². The molecule has 1 aromatic heterocycles. The Morgan fingerprint density at radius 3 is 2.69 bits per heavy atom. The van der Waals surface area contributed by atoms with Crippen LogP contribution >= 0.6 is 0 Å². The van der Waals surface area contributed by atoms with Crippen molar-refractivity contribution in [1.82, 2.24) is 14.9 Å². The Hall–Kier alpha value is -2.82. The zero-order valence-electron chi connectivity index (χ0n) is 15.5. The van der Waals surface area contributed by atoms with E-state index in [2.05, 4.69) is 22.0 Å². The molecule has 3 rings (SSSR count). The molecule has 0 aliphatic carbocycles. The maximum Gasteiger partial charge on any atom is 0.220 e. The van der Waals surface area contributed by atoms with Crippen molar-refractivity contribution < 1.29 is 9.53 Å². The predicted octanol–water partition coefficient (Wildman–Crippen LogP) is 4.07. The van der Waals surface area contributed by atoms with Gasteiger partial charge in [-0.25, -0.2) is 4.98 Å². The summed E-state index contributed by atoms with van der Waals surface area (Å²) in [4.78, 5) is 16.8. The number of imidazole rings is 1. The van der Waals surface area contributed by atoms with Crippen LogP contribution in [-0.2, 0) is 11.3 Å². The number of methoxy groups -OCH3 is 1. The van der Waals surface area contributed by atoms with Crippen molar-refractivity contribution in [3.63, 3.8) is 0 Å². The maximum atomic E-state index is 12.0. The summed E-state index contributed by atoms with van der Waals surface area (Å²) in [5.74, 6) is 1.75. The SMILES string of the molecule is CCCC(=O)NC(C)c1nc2ccccc2n1Cc1ccccc1OC. The summed E-state index contributed by atoms with van der Waals surface area (Å²) in [6, 6.07) is 15.8. The molecule has 0 saturated carbocycles. The highest BCUT2D eigenvalue weighted by atomic mass is 16.5. The standard InChI is InChI=1S/C21H25N3O2/c1-4-9-20(25)22-15(2)21-23-17-11-6-7-12-18(17)24(21)14-16-10-5-8-13-19(16)26-3/h5-8,10-13,15H,4,9,14H2,1-3H3,(H,22,25). The fourth-order valence-electron chi connectivity index (χ4n) is 3.20. The summed E-state index contributed by atoms with van der Waals surface area (Å²) >= 11 is 0. The Balaban J connectivity index is 2.01. The number of ether oxygens (including phenoxy) is 1. The van der Waals surface area contributed by atoms with Crippen molar-refractivity contribution in [3.8, 4) is 5.75 Å². The molecule has 0 fully saturated rings. The lowest BCUT2D eigenvalue weighted by atomic mass is 10.2. The van der Waals surface area contributed by atoms with Gasteiger partial charge in [0, 0.05) is 12.0 Å². The first-order valence-electron chi connectivity index (χ1n) is 9.00. The van der Waals surface area contributed by atoms with Crippen LogP contribution in [0.1, 0.15) is 44.1 Å². The molecule has 0 aliphatic rings. The summed E-state index contributed by atoms with van der Waals surface area (Å²) in [5.41, 5.74) is 3.05. The first kappa shape index (κ1) is 18.0. The predicted molar refractivity (Wildman–Crippen MR) is 103 cm³/mol. The molecule has 136 valence electrons. The van der Waals surface area contributed by atoms with Gasteiger partial charge in [0.05, 0.1) is 30.7 Å². The van der Waals surface area contributed by atoms with Gasteiger partial charge in [0.1, 0.15) is 11.6 Å². The van der Waals surface area contributed by atoms with Gasteiger partial charge in [-0.2, -0.15) is 0 Å². The zero-order valence-corrected chi connectivity index (χ0v) is 15.5. The van der Waals surface area contributed by atoms with Gasteiger partial charge in [0.15, 0.2) is 0 Å². The van der Waals surface area contributed by atoms with Gasteiger partial charge in [-0.15, -0.1) is 0 Å². The molecule has 1 unspecified atom stereocenters. The molecule has 0 saturated heterocycles. The minimum atomic E-state index is -0.170. The van der Waals surface area contributed by atoms with Crippen LogP contribution < -0.4 is 10.1 Å². The number of nitrogens with one attached hydrogen (secondary N) is 1. The Kier molecular flexibility index (Phi) is 5.56. The Bertz CT molecular complexity index is 901. The van der Waals surface area contributed by atoms with E-state index in [4.69, 9.17) is 9.72 Å². The second-order valence-electron chi connectivity index (χ2n) is 6.40. The van der Waals surface area contributed by atoms with E-state index in [0.29, 0.717) is 13.0 Å². The number of rotatable bonds is 7. The lowest BCUT2D eigenvalue weighted by molar-refractivity contribution is -0.121. The highest BCUT2D eigenvalue weighted by Gasteiger charge is 2.19. The Morgan fingerprint density at radius 1 is 1.19 bits per heavy atom. The molecule has 2 aromatic carbocycles. The number of carbonyl (C=O) groups is 1. The van der Waals surface area contributed by atoms with Crippen molar-refractivity contribution in [3.05, 3.63) is 59.9 Å². The molecule has 0 radical (unpaired) electrons. The smallest absolute Gasteiger partial charge is 0.220 e. The fraction of sp³-hybridized carbons (Fsp3) is 0.333. The fourth-order valence-corrected chi connectivity index (χ4v) is 3.20. The van der Waals surface area contributed by atoms with E-state index in [9.17, 15) is 4.79 Å². The second kappa shape index (κ2) is 8.04. The third-order valence-corrected chi connectivity index (χ3v) is 4.45. The van der Waals surface area contributed by atoms with Crippen molar-refractivity contribution in [2.75, 3.05) is 7.11 Å². The Labute approximate surface area is 154 Å². The van der Waals surface area contributed by atoms with E-state index < -0.39 is 0 Å². The van der Waals surface area contributed by atoms with Crippen molar-refractivity contribution in [1.29, 1.82) is 0 Å². The number of para-hydroxylation sites is 3. The van der Waals surface area contributed by atoms with Crippen molar-refractivity contribution in [2.45, 2.75) is 39.3 Å². The van der Waals surface area contributed by atoms with Gasteiger partial charge in [-0.05, 0) is 31.5 Å². The molecule has 26 heavy (non-hydrogen) atoms. The summed E-state index contributed by atoms with van der Waals surface area (Å²) < 4.78 is 7.66. The third kappa shape index (κ3) is 3.72. The lowest BCUT2D eigenvalue weighted by Gasteiger charge is -2.17. The lowest BCUT2D eigenvalue weighted by Crippen LogP contribution is -2.28. The van der Waals surface area contributed by atoms with E-state index in [1.165, 1.54) is 0 Å². The number of hydrogen-bond donors (Lipinski definition) is 1. The quantitative estimate of drug-likeness (QED) is 0.698. The van der Waals surface area contributed by atoms with Gasteiger partial charge in [-0.3, -0.25) is 4.79 Å². The third-order valence-electron chi connectivity index (χ3n) is 4.45. The molecular weight excluding hydrogens is 326 g/mol. The van der Waals surface area contributed by atoms with Crippen LogP contribution in [0.5, 0.6) is 5.75 Å². The highest BCUT2D eigenvalue weighted by molar-refractivity contribution is 5.78. The topological polar surface area (TPSA) is 56.2 Å². The first-order chi connectivity index (χ1) is 12.6. The van der Waals surface area contributed by atoms with Gasteiger partial charge in [0.25, 0.3) is 0 Å². The molecule has 0 aliphatic heterocycles. The van der Waals surface area contributed by atoms with Crippen LogP contribution in [0.3, 0.4) is 0 Å². The van der Waals surface area contributed by atoms with E-state index >= 15 is 0 Å². The monoisotopic (exact) mass is 351 g/mol. The molecule has 5 nitrogen and oxygen atoms in total. The van der Waals surface area contributed by atoms with Gasteiger partial charge >= 0.3 is 0 Å². The van der Waals surface area contributed by atoms with Crippen LogP contribution in [0, 0.1) is 0 Å². The molecule has 1 heterocycles. The molecule has 3 aromatic rings. The summed E-state index contributed by atoms with van der Waals surface area (Å²) in [5, 5.41) is 3.06. The van der Waals surface area contributed by atoms with Crippen molar-refractivity contribution >= 4 is 16.9 Å². The maximum absolute atomic E-state index is 12.0. The number of fused-ring (bicyclic) bond motifs is 1. The summed E-state index contributed by atoms with van der Waals surface area (Å²) in [7, 11) is 1.68. The minimum Gasteiger partial charge on any atom is -0.496 e. The molecule has 0 spiro atoms. The van der Waals surface area contributed by atoms with Crippen LogP contribution in [0.15, 0.2) is 48.5 Å². The molecule has 1 amide bonds. The summed E-state index contributed by atoms with van der Waals surface area (Å²) in [6.45, 7) is 4.61. The number of hydrogen-bond acceptors (Lipinski definition) is 3. The number of carbonyl (C=O) groups excluding carboxylic acids is 1. The Morgan fingerprint density at radius 2 is 1.92 bits per heavy atom. The molecule has 5 heteroatoms. The van der Waals surface area contributed by atoms with Crippen LogP contribution in [-0.4, -0.2) is 22.6 Å². The van der Waals surface area contributed by atoms with Gasteiger partial charge in [0.2, 0.25) is 5.91 Å². The molecular formula is C21H25N3O2. The molecule has 1 N–H and O–H groups in total.